The van der Waals surface area contributed by atoms with Crippen molar-refractivity contribution in [2.45, 2.75) is 18.6 Å². The standard InChI is InChI=1S/C22H25N3O2S/c26-21(16-28-15-18-6-2-1-3-7-18)23-14-17-10-12-25(13-11-17)22-24-19-8-4-5-9-20(19)27-22/h1-9,17H,10-16H2,(H,23,26). The maximum atomic E-state index is 12.1. The van der Waals surface area contributed by atoms with Crippen LogP contribution in [0.3, 0.4) is 0 Å². The zero-order valence-corrected chi connectivity index (χ0v) is 16.7. The minimum atomic E-state index is 0.127. The lowest BCUT2D eigenvalue weighted by Gasteiger charge is -2.30. The molecule has 1 fully saturated rings. The molecule has 6 heteroatoms. The van der Waals surface area contributed by atoms with Gasteiger partial charge in [0.25, 0.3) is 6.01 Å². The molecule has 5 nitrogen and oxygen atoms in total. The third kappa shape index (κ3) is 4.87. The van der Waals surface area contributed by atoms with Gasteiger partial charge in [-0.2, -0.15) is 4.98 Å². The molecule has 0 radical (unpaired) electrons. The Morgan fingerprint density at radius 2 is 1.86 bits per heavy atom. The first-order valence-corrected chi connectivity index (χ1v) is 10.9. The number of anilines is 1. The van der Waals surface area contributed by atoms with Gasteiger partial charge in [0, 0.05) is 25.4 Å². The number of benzene rings is 2. The molecule has 28 heavy (non-hydrogen) atoms. The molecule has 0 aliphatic carbocycles. The summed E-state index contributed by atoms with van der Waals surface area (Å²) in [5.74, 6) is 2.03. The van der Waals surface area contributed by atoms with E-state index in [4.69, 9.17) is 4.42 Å². The molecule has 0 bridgehead atoms. The van der Waals surface area contributed by atoms with Crippen LogP contribution in [-0.4, -0.2) is 36.3 Å². The average molecular weight is 396 g/mol. The summed E-state index contributed by atoms with van der Waals surface area (Å²) < 4.78 is 5.86. The summed E-state index contributed by atoms with van der Waals surface area (Å²) in [5, 5.41) is 3.10. The predicted molar refractivity (Wildman–Crippen MR) is 115 cm³/mol. The number of piperidine rings is 1. The number of aromatic nitrogens is 1. The number of oxazole rings is 1. The Bertz CT molecular complexity index is 871. The number of carbonyl (C=O) groups is 1. The molecule has 1 aromatic heterocycles. The van der Waals surface area contributed by atoms with Crippen LogP contribution in [0, 0.1) is 5.92 Å². The third-order valence-electron chi connectivity index (χ3n) is 5.10. The van der Waals surface area contributed by atoms with Crippen molar-refractivity contribution in [3.63, 3.8) is 0 Å². The van der Waals surface area contributed by atoms with Gasteiger partial charge in [0.05, 0.1) is 5.75 Å². The third-order valence-corrected chi connectivity index (χ3v) is 6.10. The van der Waals surface area contributed by atoms with Gasteiger partial charge < -0.3 is 14.6 Å². The first-order chi connectivity index (χ1) is 13.8. The second-order valence-corrected chi connectivity index (χ2v) is 8.16. The molecule has 2 aromatic carbocycles. The number of carbonyl (C=O) groups excluding carboxylic acids is 1. The molecule has 1 N–H and O–H groups in total. The largest absolute Gasteiger partial charge is 0.423 e. The summed E-state index contributed by atoms with van der Waals surface area (Å²) >= 11 is 1.66. The first kappa shape index (κ1) is 18.9. The van der Waals surface area contributed by atoms with E-state index in [9.17, 15) is 4.79 Å². The van der Waals surface area contributed by atoms with Crippen molar-refractivity contribution in [2.24, 2.45) is 5.92 Å². The SMILES string of the molecule is O=C(CSCc1ccccc1)NCC1CCN(c2nc3ccccc3o2)CC1. The Morgan fingerprint density at radius 1 is 1.11 bits per heavy atom. The lowest BCUT2D eigenvalue weighted by molar-refractivity contribution is -0.118. The van der Waals surface area contributed by atoms with Crippen molar-refractivity contribution < 1.29 is 9.21 Å². The van der Waals surface area contributed by atoms with Crippen LogP contribution in [0.15, 0.2) is 59.0 Å². The van der Waals surface area contributed by atoms with E-state index in [1.807, 2.05) is 42.5 Å². The van der Waals surface area contributed by atoms with Crippen LogP contribution in [0.25, 0.3) is 11.1 Å². The smallest absolute Gasteiger partial charge is 0.298 e. The Labute approximate surface area is 169 Å². The Balaban J connectivity index is 1.16. The van der Waals surface area contributed by atoms with Gasteiger partial charge in [-0.3, -0.25) is 4.79 Å². The predicted octanol–water partition coefficient (Wildman–Crippen LogP) is 4.09. The topological polar surface area (TPSA) is 58.4 Å². The van der Waals surface area contributed by atoms with Crippen molar-refractivity contribution in [3.8, 4) is 0 Å². The maximum Gasteiger partial charge on any atom is 0.298 e. The molecule has 1 aliphatic rings. The molecule has 3 aromatic rings. The van der Waals surface area contributed by atoms with Crippen molar-refractivity contribution in [3.05, 3.63) is 60.2 Å². The lowest BCUT2D eigenvalue weighted by Crippen LogP contribution is -2.39. The van der Waals surface area contributed by atoms with Crippen LogP contribution in [0.2, 0.25) is 0 Å². The number of hydrogen-bond acceptors (Lipinski definition) is 5. The fourth-order valence-corrected chi connectivity index (χ4v) is 4.29. The summed E-state index contributed by atoms with van der Waals surface area (Å²) in [6.45, 7) is 2.58. The Hall–Kier alpha value is -2.47. The number of nitrogens with zero attached hydrogens (tertiary/aromatic N) is 2. The molecular formula is C22H25N3O2S. The monoisotopic (exact) mass is 395 g/mol. The second kappa shape index (κ2) is 9.15. The van der Waals surface area contributed by atoms with Gasteiger partial charge >= 0.3 is 0 Å². The molecule has 1 aliphatic heterocycles. The van der Waals surface area contributed by atoms with E-state index < -0.39 is 0 Å². The van der Waals surface area contributed by atoms with Gasteiger partial charge in [-0.1, -0.05) is 42.5 Å². The van der Waals surface area contributed by atoms with Crippen LogP contribution in [0.1, 0.15) is 18.4 Å². The van der Waals surface area contributed by atoms with Gasteiger partial charge in [0.2, 0.25) is 5.91 Å². The van der Waals surface area contributed by atoms with E-state index in [0.29, 0.717) is 17.7 Å². The molecule has 0 saturated carbocycles. The number of rotatable bonds is 7. The maximum absolute atomic E-state index is 12.1. The van der Waals surface area contributed by atoms with E-state index >= 15 is 0 Å². The zero-order valence-electron chi connectivity index (χ0n) is 15.8. The molecular weight excluding hydrogens is 370 g/mol. The van der Waals surface area contributed by atoms with Crippen LogP contribution < -0.4 is 10.2 Å². The highest BCUT2D eigenvalue weighted by atomic mass is 32.2. The van der Waals surface area contributed by atoms with Crippen molar-refractivity contribution in [1.29, 1.82) is 0 Å². The normalized spacial score (nSPS) is 15.1. The number of para-hydroxylation sites is 2. The summed E-state index contributed by atoms with van der Waals surface area (Å²) in [5.41, 5.74) is 2.99. The van der Waals surface area contributed by atoms with Gasteiger partial charge in [0.15, 0.2) is 5.58 Å². The van der Waals surface area contributed by atoms with E-state index in [2.05, 4.69) is 27.3 Å². The average Bonchev–Trinajstić information content (AvgIpc) is 3.18. The zero-order chi connectivity index (χ0) is 19.2. The van der Waals surface area contributed by atoms with Crippen LogP contribution >= 0.6 is 11.8 Å². The van der Waals surface area contributed by atoms with Crippen molar-refractivity contribution in [2.75, 3.05) is 30.3 Å². The molecule has 146 valence electrons. The quantitative estimate of drug-likeness (QED) is 0.653. The first-order valence-electron chi connectivity index (χ1n) is 9.77. The Morgan fingerprint density at radius 3 is 2.64 bits per heavy atom. The Kier molecular flexibility index (Phi) is 6.17. The van der Waals surface area contributed by atoms with Gasteiger partial charge in [0.1, 0.15) is 5.52 Å². The number of amides is 1. The minimum absolute atomic E-state index is 0.127. The highest BCUT2D eigenvalue weighted by Crippen LogP contribution is 2.26. The van der Waals surface area contributed by atoms with E-state index in [0.717, 1.165) is 49.3 Å². The highest BCUT2D eigenvalue weighted by Gasteiger charge is 2.23. The van der Waals surface area contributed by atoms with Crippen LogP contribution in [-0.2, 0) is 10.5 Å². The van der Waals surface area contributed by atoms with Gasteiger partial charge in [-0.25, -0.2) is 0 Å². The van der Waals surface area contributed by atoms with Gasteiger partial charge in [-0.15, -0.1) is 11.8 Å². The highest BCUT2D eigenvalue weighted by molar-refractivity contribution is 7.99. The van der Waals surface area contributed by atoms with Gasteiger partial charge in [-0.05, 0) is 36.5 Å². The summed E-state index contributed by atoms with van der Waals surface area (Å²) in [6, 6.07) is 18.8. The molecule has 2 heterocycles. The number of fused-ring (bicyclic) bond motifs is 1. The molecule has 0 atom stereocenters. The number of thioether (sulfide) groups is 1. The molecule has 4 rings (SSSR count). The van der Waals surface area contributed by atoms with Crippen LogP contribution in [0.5, 0.6) is 0 Å². The molecule has 0 spiro atoms. The lowest BCUT2D eigenvalue weighted by atomic mass is 9.97. The van der Waals surface area contributed by atoms with E-state index in [-0.39, 0.29) is 5.91 Å². The summed E-state index contributed by atoms with van der Waals surface area (Å²) in [6.07, 6.45) is 2.08. The van der Waals surface area contributed by atoms with Crippen molar-refractivity contribution in [1.82, 2.24) is 10.3 Å². The molecule has 1 saturated heterocycles. The number of nitrogens with one attached hydrogen (secondary N) is 1. The molecule has 0 unspecified atom stereocenters. The van der Waals surface area contributed by atoms with E-state index in [1.165, 1.54) is 5.56 Å². The second-order valence-electron chi connectivity index (χ2n) is 7.18. The fourth-order valence-electron chi connectivity index (χ4n) is 3.47. The summed E-state index contributed by atoms with van der Waals surface area (Å²) in [7, 11) is 0. The van der Waals surface area contributed by atoms with Crippen molar-refractivity contribution >= 4 is 34.8 Å². The van der Waals surface area contributed by atoms with Crippen LogP contribution in [0.4, 0.5) is 6.01 Å². The summed E-state index contributed by atoms with van der Waals surface area (Å²) in [4.78, 5) is 18.9. The fraction of sp³-hybridized carbons (Fsp3) is 0.364. The molecule has 1 amide bonds. The minimum Gasteiger partial charge on any atom is -0.423 e. The van der Waals surface area contributed by atoms with E-state index in [1.54, 1.807) is 11.8 Å². The number of hydrogen-bond donors (Lipinski definition) is 1.